The van der Waals surface area contributed by atoms with Gasteiger partial charge in [-0.05, 0) is 43.0 Å². The molecular weight excluding hydrogens is 264 g/mol. The van der Waals surface area contributed by atoms with Crippen LogP contribution < -0.4 is 10.6 Å². The van der Waals surface area contributed by atoms with Gasteiger partial charge in [0.2, 0.25) is 0 Å². The smallest absolute Gasteiger partial charge is 0.251 e. The topological polar surface area (TPSA) is 66.9 Å². The maximum Gasteiger partial charge on any atom is 0.251 e. The van der Waals surface area contributed by atoms with Crippen LogP contribution >= 0.6 is 0 Å². The van der Waals surface area contributed by atoms with Gasteiger partial charge in [-0.1, -0.05) is 6.92 Å². The molecule has 0 saturated carbocycles. The minimum atomic E-state index is -0.0469. The van der Waals surface area contributed by atoms with Crippen molar-refractivity contribution in [3.63, 3.8) is 0 Å². The van der Waals surface area contributed by atoms with E-state index < -0.39 is 0 Å². The van der Waals surface area contributed by atoms with Crippen molar-refractivity contribution >= 4 is 16.9 Å². The third-order valence-corrected chi connectivity index (χ3v) is 4.09. The van der Waals surface area contributed by atoms with E-state index in [0.29, 0.717) is 12.1 Å². The van der Waals surface area contributed by atoms with Crippen LogP contribution in [0.5, 0.6) is 0 Å². The molecular formula is C16H20N4O. The molecule has 0 bridgehead atoms. The van der Waals surface area contributed by atoms with E-state index in [0.717, 1.165) is 37.0 Å². The molecule has 1 fully saturated rings. The lowest BCUT2D eigenvalue weighted by atomic mass is 9.83. The zero-order valence-corrected chi connectivity index (χ0v) is 12.2. The molecule has 0 spiro atoms. The highest BCUT2D eigenvalue weighted by atomic mass is 16.1. The first-order chi connectivity index (χ1) is 10.2. The van der Waals surface area contributed by atoms with Crippen LogP contribution in [0.4, 0.5) is 0 Å². The molecule has 1 unspecified atom stereocenters. The number of piperidine rings is 1. The minimum absolute atomic E-state index is 0.0469. The van der Waals surface area contributed by atoms with Crippen LogP contribution in [-0.2, 0) is 0 Å². The molecule has 1 amide bonds. The molecule has 3 rings (SSSR count). The zero-order valence-electron chi connectivity index (χ0n) is 12.2. The van der Waals surface area contributed by atoms with Crippen molar-refractivity contribution in [2.24, 2.45) is 5.41 Å². The third kappa shape index (κ3) is 3.19. The van der Waals surface area contributed by atoms with E-state index in [1.54, 1.807) is 24.5 Å². The Kier molecular flexibility index (Phi) is 3.84. The van der Waals surface area contributed by atoms with E-state index in [1.165, 1.54) is 0 Å². The second kappa shape index (κ2) is 5.77. The fourth-order valence-electron chi connectivity index (χ4n) is 2.77. The van der Waals surface area contributed by atoms with Gasteiger partial charge in [0.1, 0.15) is 0 Å². The second-order valence-corrected chi connectivity index (χ2v) is 6.03. The monoisotopic (exact) mass is 284 g/mol. The summed E-state index contributed by atoms with van der Waals surface area (Å²) >= 11 is 0. The molecule has 2 heterocycles. The van der Waals surface area contributed by atoms with Gasteiger partial charge in [0.05, 0.1) is 11.0 Å². The van der Waals surface area contributed by atoms with E-state index >= 15 is 0 Å². The van der Waals surface area contributed by atoms with Gasteiger partial charge in [-0.25, -0.2) is 0 Å². The molecule has 1 saturated heterocycles. The Balaban J connectivity index is 1.69. The van der Waals surface area contributed by atoms with E-state index in [9.17, 15) is 4.79 Å². The Hall–Kier alpha value is -2.01. The maximum atomic E-state index is 12.3. The van der Waals surface area contributed by atoms with Gasteiger partial charge >= 0.3 is 0 Å². The Morgan fingerprint density at radius 3 is 2.90 bits per heavy atom. The van der Waals surface area contributed by atoms with Gasteiger partial charge in [0, 0.05) is 31.0 Å². The number of rotatable bonds is 3. The van der Waals surface area contributed by atoms with Crippen molar-refractivity contribution in [1.82, 2.24) is 20.6 Å². The molecule has 21 heavy (non-hydrogen) atoms. The van der Waals surface area contributed by atoms with Crippen LogP contribution in [0, 0.1) is 5.41 Å². The first kappa shape index (κ1) is 13.9. The highest BCUT2D eigenvalue weighted by Gasteiger charge is 2.27. The van der Waals surface area contributed by atoms with Crippen molar-refractivity contribution in [3.05, 3.63) is 36.2 Å². The van der Waals surface area contributed by atoms with Gasteiger partial charge < -0.3 is 10.6 Å². The molecule has 1 aromatic heterocycles. The number of carbonyl (C=O) groups is 1. The Labute approximate surface area is 124 Å². The Morgan fingerprint density at radius 1 is 1.33 bits per heavy atom. The van der Waals surface area contributed by atoms with Gasteiger partial charge in [-0.3, -0.25) is 14.8 Å². The average Bonchev–Trinajstić information content (AvgIpc) is 2.53. The van der Waals surface area contributed by atoms with E-state index in [-0.39, 0.29) is 11.3 Å². The summed E-state index contributed by atoms with van der Waals surface area (Å²) in [7, 11) is 0. The van der Waals surface area contributed by atoms with Crippen molar-refractivity contribution in [3.8, 4) is 0 Å². The molecule has 2 aromatic rings. The van der Waals surface area contributed by atoms with Gasteiger partial charge in [-0.2, -0.15) is 0 Å². The number of aromatic nitrogens is 2. The second-order valence-electron chi connectivity index (χ2n) is 6.03. The SMILES string of the molecule is CC1(CNC(=O)c2ccc3nccnc3c2)CCCNC1. The summed E-state index contributed by atoms with van der Waals surface area (Å²) in [5.74, 6) is -0.0469. The van der Waals surface area contributed by atoms with Crippen molar-refractivity contribution in [2.75, 3.05) is 19.6 Å². The van der Waals surface area contributed by atoms with Gasteiger partial charge in [-0.15, -0.1) is 0 Å². The quantitative estimate of drug-likeness (QED) is 0.901. The molecule has 0 radical (unpaired) electrons. The van der Waals surface area contributed by atoms with Crippen LogP contribution in [-0.4, -0.2) is 35.5 Å². The van der Waals surface area contributed by atoms with Crippen LogP contribution in [0.3, 0.4) is 0 Å². The average molecular weight is 284 g/mol. The number of benzene rings is 1. The summed E-state index contributed by atoms with van der Waals surface area (Å²) < 4.78 is 0. The number of fused-ring (bicyclic) bond motifs is 1. The Bertz CT molecular complexity index is 650. The molecule has 1 aliphatic rings. The molecule has 1 aromatic carbocycles. The highest BCUT2D eigenvalue weighted by Crippen LogP contribution is 2.24. The molecule has 1 atom stereocenters. The number of amides is 1. The third-order valence-electron chi connectivity index (χ3n) is 4.09. The molecule has 110 valence electrons. The lowest BCUT2D eigenvalue weighted by Crippen LogP contribution is -2.45. The summed E-state index contributed by atoms with van der Waals surface area (Å²) in [4.78, 5) is 20.7. The lowest BCUT2D eigenvalue weighted by Gasteiger charge is -2.34. The molecule has 5 heteroatoms. The van der Waals surface area contributed by atoms with Crippen molar-refractivity contribution in [1.29, 1.82) is 0 Å². The first-order valence-corrected chi connectivity index (χ1v) is 7.36. The normalized spacial score (nSPS) is 22.1. The lowest BCUT2D eigenvalue weighted by molar-refractivity contribution is 0.0925. The zero-order chi connectivity index (χ0) is 14.7. The molecule has 5 nitrogen and oxygen atoms in total. The van der Waals surface area contributed by atoms with Gasteiger partial charge in [0.25, 0.3) is 5.91 Å². The van der Waals surface area contributed by atoms with E-state index in [1.807, 2.05) is 6.07 Å². The summed E-state index contributed by atoms with van der Waals surface area (Å²) in [5, 5.41) is 6.44. The van der Waals surface area contributed by atoms with Crippen molar-refractivity contribution < 1.29 is 4.79 Å². The highest BCUT2D eigenvalue weighted by molar-refractivity contribution is 5.97. The summed E-state index contributed by atoms with van der Waals surface area (Å²) in [5.41, 5.74) is 2.33. The van der Waals surface area contributed by atoms with Gasteiger partial charge in [0.15, 0.2) is 0 Å². The fourth-order valence-corrected chi connectivity index (χ4v) is 2.77. The number of hydrogen-bond donors (Lipinski definition) is 2. The van der Waals surface area contributed by atoms with Crippen LogP contribution in [0.2, 0.25) is 0 Å². The predicted molar refractivity (Wildman–Crippen MR) is 82.1 cm³/mol. The van der Waals surface area contributed by atoms with Crippen LogP contribution in [0.25, 0.3) is 11.0 Å². The number of hydrogen-bond acceptors (Lipinski definition) is 4. The largest absolute Gasteiger partial charge is 0.351 e. The number of nitrogens with zero attached hydrogens (tertiary/aromatic N) is 2. The summed E-state index contributed by atoms with van der Waals surface area (Å²) in [6.07, 6.45) is 5.60. The first-order valence-electron chi connectivity index (χ1n) is 7.36. The number of nitrogens with one attached hydrogen (secondary N) is 2. The molecule has 2 N–H and O–H groups in total. The van der Waals surface area contributed by atoms with Crippen LogP contribution in [0.15, 0.2) is 30.6 Å². The van der Waals surface area contributed by atoms with E-state index in [2.05, 4.69) is 27.5 Å². The summed E-state index contributed by atoms with van der Waals surface area (Å²) in [6.45, 7) is 4.94. The fraction of sp³-hybridized carbons (Fsp3) is 0.438. The Morgan fingerprint density at radius 2 is 2.14 bits per heavy atom. The van der Waals surface area contributed by atoms with E-state index in [4.69, 9.17) is 0 Å². The maximum absolute atomic E-state index is 12.3. The minimum Gasteiger partial charge on any atom is -0.351 e. The number of carbonyl (C=O) groups excluding carboxylic acids is 1. The standard InChI is InChI=1S/C16H20N4O/c1-16(5-2-6-17-10-16)11-20-15(21)12-3-4-13-14(9-12)19-8-7-18-13/h3-4,7-9,17H,2,5-6,10-11H2,1H3,(H,20,21). The predicted octanol–water partition coefficient (Wildman–Crippen LogP) is 1.75. The van der Waals surface area contributed by atoms with Crippen molar-refractivity contribution in [2.45, 2.75) is 19.8 Å². The summed E-state index contributed by atoms with van der Waals surface area (Å²) in [6, 6.07) is 5.42. The molecule has 0 aliphatic carbocycles. The van der Waals surface area contributed by atoms with Crippen LogP contribution in [0.1, 0.15) is 30.1 Å². The molecule has 1 aliphatic heterocycles.